The Balaban J connectivity index is -0.0000000200. The van der Waals surface area contributed by atoms with Gasteiger partial charge in [0.15, 0.2) is 0 Å². The maximum absolute atomic E-state index is 7.57. The minimum absolute atomic E-state index is 0. The molecule has 0 fully saturated rings. The van der Waals surface area contributed by atoms with E-state index in [9.17, 15) is 0 Å². The Morgan fingerprint density at radius 2 is 1.60 bits per heavy atom. The van der Waals surface area contributed by atoms with Crippen LogP contribution < -0.4 is 0 Å². The van der Waals surface area contributed by atoms with Crippen LogP contribution in [0.15, 0.2) is 0 Å². The van der Waals surface area contributed by atoms with Crippen LogP contribution in [0, 0.1) is 0 Å². The van der Waals surface area contributed by atoms with Gasteiger partial charge < -0.3 is 5.11 Å². The molecule has 0 radical (unpaired) electrons. The number of rotatable bonds is 0. The van der Waals surface area contributed by atoms with Crippen LogP contribution in [0.3, 0.4) is 0 Å². The summed E-state index contributed by atoms with van der Waals surface area (Å²) in [6, 6.07) is 0. The van der Waals surface area contributed by atoms with Crippen molar-refractivity contribution in [2.45, 2.75) is 6.92 Å². The molecule has 0 aliphatic rings. The zero-order chi connectivity index (χ0) is 2.71. The fraction of sp³-hybridized carbons (Fsp3) is 1.00. The Hall–Kier alpha value is 1.56. The summed E-state index contributed by atoms with van der Waals surface area (Å²) in [4.78, 5) is 0. The molecule has 1 N–H and O–H groups in total. The van der Waals surface area contributed by atoms with E-state index in [1.807, 2.05) is 0 Å². The van der Waals surface area contributed by atoms with Gasteiger partial charge in [0, 0.05) is 54.5 Å². The first kappa shape index (κ1) is 16.0. The minimum Gasteiger partial charge on any atom is -0.397 e. The van der Waals surface area contributed by atoms with Gasteiger partial charge in [0.25, 0.3) is 0 Å². The van der Waals surface area contributed by atoms with Crippen LogP contribution in [0.5, 0.6) is 0 Å². The fourth-order valence-corrected chi connectivity index (χ4v) is 0. The molecule has 5 heavy (non-hydrogen) atoms. The molecule has 28 valence electrons. The van der Waals surface area contributed by atoms with Gasteiger partial charge in [-0.2, -0.15) is 0 Å². The van der Waals surface area contributed by atoms with Gasteiger partial charge in [-0.25, -0.2) is 0 Å². The zero-order valence-electron chi connectivity index (χ0n) is 3.15. The first-order valence-corrected chi connectivity index (χ1v) is 1.02. The molecular formula is C2H6OTiZr. The van der Waals surface area contributed by atoms with Crippen LogP contribution in [0.4, 0.5) is 0 Å². The number of aliphatic hydroxyl groups excluding tert-OH is 1. The van der Waals surface area contributed by atoms with Crippen LogP contribution in [-0.4, -0.2) is 11.7 Å². The quantitative estimate of drug-likeness (QED) is 0.526. The molecule has 0 saturated heterocycles. The van der Waals surface area contributed by atoms with Crippen molar-refractivity contribution >= 4 is 0 Å². The molecule has 0 aliphatic heterocycles. The summed E-state index contributed by atoms with van der Waals surface area (Å²) in [7, 11) is 0. The Bertz CT molecular complexity index is 9.61. The molecule has 0 aromatic carbocycles. The summed E-state index contributed by atoms with van der Waals surface area (Å²) in [5, 5.41) is 7.57. The Labute approximate surface area is 66.2 Å². The predicted molar refractivity (Wildman–Crippen MR) is 12.8 cm³/mol. The van der Waals surface area contributed by atoms with Crippen LogP contribution in [0.25, 0.3) is 0 Å². The molecular weight excluding hydrogens is 179 g/mol. The van der Waals surface area contributed by atoms with E-state index in [4.69, 9.17) is 5.11 Å². The van der Waals surface area contributed by atoms with E-state index in [0.717, 1.165) is 0 Å². The number of aliphatic hydroxyl groups is 1. The largest absolute Gasteiger partial charge is 0.397 e. The van der Waals surface area contributed by atoms with Gasteiger partial charge in [-0.15, -0.1) is 0 Å². The average molecular weight is 185 g/mol. The van der Waals surface area contributed by atoms with Crippen molar-refractivity contribution in [2.24, 2.45) is 0 Å². The third kappa shape index (κ3) is 29.0. The van der Waals surface area contributed by atoms with E-state index in [-0.39, 0.29) is 54.5 Å². The van der Waals surface area contributed by atoms with E-state index >= 15 is 0 Å². The maximum atomic E-state index is 7.57. The smallest absolute Gasteiger partial charge is 0.0402 e. The normalized spacial score (nSPS) is 3.60. The SMILES string of the molecule is CCO.[Ti].[Zr]. The summed E-state index contributed by atoms with van der Waals surface area (Å²) < 4.78 is 0. The van der Waals surface area contributed by atoms with E-state index in [2.05, 4.69) is 0 Å². The third-order valence-corrected chi connectivity index (χ3v) is 0. The predicted octanol–water partition coefficient (Wildman–Crippen LogP) is -0.00640. The molecule has 1 nitrogen and oxygen atoms in total. The number of hydrogen-bond donors (Lipinski definition) is 1. The Morgan fingerprint density at radius 3 is 1.60 bits per heavy atom. The third-order valence-electron chi connectivity index (χ3n) is 0. The van der Waals surface area contributed by atoms with Crippen molar-refractivity contribution < 1.29 is 53.0 Å². The van der Waals surface area contributed by atoms with Gasteiger partial charge in [-0.1, -0.05) is 0 Å². The monoisotopic (exact) mass is 184 g/mol. The Morgan fingerprint density at radius 1 is 1.60 bits per heavy atom. The molecule has 0 aromatic heterocycles. The summed E-state index contributed by atoms with van der Waals surface area (Å²) >= 11 is 0. The molecule has 0 heterocycles. The first-order chi connectivity index (χ1) is 1.41. The van der Waals surface area contributed by atoms with Crippen molar-refractivity contribution in [3.05, 3.63) is 0 Å². The van der Waals surface area contributed by atoms with Gasteiger partial charge in [0.05, 0.1) is 0 Å². The Kier molecular flexibility index (Phi) is 56.5. The molecule has 3 heteroatoms. The molecule has 0 atom stereocenters. The summed E-state index contributed by atoms with van der Waals surface area (Å²) in [6.07, 6.45) is 0. The molecule has 0 amide bonds. The molecule has 0 saturated carbocycles. The van der Waals surface area contributed by atoms with E-state index in [1.54, 1.807) is 6.92 Å². The van der Waals surface area contributed by atoms with Crippen molar-refractivity contribution in [3.63, 3.8) is 0 Å². The van der Waals surface area contributed by atoms with Crippen molar-refractivity contribution in [3.8, 4) is 0 Å². The molecule has 0 spiro atoms. The van der Waals surface area contributed by atoms with Crippen molar-refractivity contribution in [1.82, 2.24) is 0 Å². The molecule has 0 aliphatic carbocycles. The van der Waals surface area contributed by atoms with Gasteiger partial charge in [0.1, 0.15) is 0 Å². The van der Waals surface area contributed by atoms with Crippen molar-refractivity contribution in [2.75, 3.05) is 6.61 Å². The second-order valence-electron chi connectivity index (χ2n) is 0.316. The van der Waals surface area contributed by atoms with Crippen LogP contribution in [0.2, 0.25) is 0 Å². The van der Waals surface area contributed by atoms with Crippen LogP contribution in [0.1, 0.15) is 6.92 Å². The van der Waals surface area contributed by atoms with Crippen molar-refractivity contribution in [1.29, 1.82) is 0 Å². The molecule has 0 bridgehead atoms. The standard InChI is InChI=1S/C2H6O.Ti.Zr/c1-2-3;;/h3H,2H2,1H3;;. The van der Waals surface area contributed by atoms with Gasteiger partial charge >= 0.3 is 0 Å². The second kappa shape index (κ2) is 17.6. The topological polar surface area (TPSA) is 20.2 Å². The first-order valence-electron chi connectivity index (χ1n) is 1.02. The molecule has 0 rings (SSSR count). The summed E-state index contributed by atoms with van der Waals surface area (Å²) in [6.45, 7) is 1.93. The van der Waals surface area contributed by atoms with E-state index in [0.29, 0.717) is 0 Å². The molecule has 0 aromatic rings. The van der Waals surface area contributed by atoms with Gasteiger partial charge in [0.2, 0.25) is 0 Å². The van der Waals surface area contributed by atoms with E-state index < -0.39 is 0 Å². The number of hydrogen-bond acceptors (Lipinski definition) is 1. The molecule has 0 unspecified atom stereocenters. The van der Waals surface area contributed by atoms with Gasteiger partial charge in [-0.3, -0.25) is 0 Å². The summed E-state index contributed by atoms with van der Waals surface area (Å²) in [5.41, 5.74) is 0. The minimum atomic E-state index is 0. The maximum Gasteiger partial charge on any atom is 0.0402 e. The van der Waals surface area contributed by atoms with E-state index in [1.165, 1.54) is 0 Å². The fourth-order valence-electron chi connectivity index (χ4n) is 0. The second-order valence-corrected chi connectivity index (χ2v) is 0.316. The zero-order valence-corrected chi connectivity index (χ0v) is 7.17. The van der Waals surface area contributed by atoms with Crippen LogP contribution in [-0.2, 0) is 47.9 Å². The summed E-state index contributed by atoms with van der Waals surface area (Å²) in [5.74, 6) is 0. The van der Waals surface area contributed by atoms with Gasteiger partial charge in [-0.05, 0) is 6.92 Å². The average Bonchev–Trinajstić information content (AvgIpc) is 0.918. The van der Waals surface area contributed by atoms with Crippen LogP contribution >= 0.6 is 0 Å².